The van der Waals surface area contributed by atoms with E-state index in [1.807, 2.05) is 12.1 Å². The molecule has 0 fully saturated rings. The van der Waals surface area contributed by atoms with Crippen molar-refractivity contribution in [2.24, 2.45) is 0 Å². The molecule has 0 aliphatic carbocycles. The Hall–Kier alpha value is -2.80. The van der Waals surface area contributed by atoms with Crippen LogP contribution < -0.4 is 0 Å². The number of ether oxygens (including phenoxy) is 1. The van der Waals surface area contributed by atoms with Gasteiger partial charge in [-0.05, 0) is 25.1 Å². The van der Waals surface area contributed by atoms with Crippen LogP contribution in [0.25, 0.3) is 0 Å². The van der Waals surface area contributed by atoms with E-state index in [0.29, 0.717) is 25.3 Å². The summed E-state index contributed by atoms with van der Waals surface area (Å²) in [5.41, 5.74) is 1.47. The smallest absolute Gasteiger partial charge is 0.273 e. The lowest BCUT2D eigenvalue weighted by Crippen LogP contribution is -2.33. The number of pyridine rings is 1. The van der Waals surface area contributed by atoms with E-state index in [1.54, 1.807) is 43.3 Å². The van der Waals surface area contributed by atoms with Crippen molar-refractivity contribution in [2.75, 3.05) is 20.3 Å². The molecule has 0 saturated heterocycles. The van der Waals surface area contributed by atoms with Crippen molar-refractivity contribution in [1.29, 1.82) is 0 Å². The molecule has 0 aliphatic heterocycles. The van der Waals surface area contributed by atoms with E-state index in [9.17, 15) is 14.9 Å². The molecule has 2 aromatic rings. The van der Waals surface area contributed by atoms with E-state index in [2.05, 4.69) is 4.98 Å². The number of nitro benzene ring substituents is 1. The monoisotopic (exact) mass is 329 g/mol. The highest BCUT2D eigenvalue weighted by molar-refractivity contribution is 5.95. The van der Waals surface area contributed by atoms with Crippen LogP contribution in [0.4, 0.5) is 5.69 Å². The molecule has 0 saturated carbocycles. The molecule has 126 valence electrons. The van der Waals surface area contributed by atoms with Gasteiger partial charge in [0, 0.05) is 37.0 Å². The molecule has 7 nitrogen and oxygen atoms in total. The number of carbonyl (C=O) groups is 1. The third-order valence-corrected chi connectivity index (χ3v) is 3.58. The van der Waals surface area contributed by atoms with Crippen LogP contribution in [0.2, 0.25) is 0 Å². The van der Waals surface area contributed by atoms with Gasteiger partial charge in [0.1, 0.15) is 0 Å². The van der Waals surface area contributed by atoms with Gasteiger partial charge < -0.3 is 9.64 Å². The van der Waals surface area contributed by atoms with E-state index in [-0.39, 0.29) is 17.2 Å². The van der Waals surface area contributed by atoms with Gasteiger partial charge in [-0.15, -0.1) is 0 Å². The number of hydrogen-bond acceptors (Lipinski definition) is 5. The van der Waals surface area contributed by atoms with E-state index in [4.69, 9.17) is 4.74 Å². The number of nitro groups is 1. The number of rotatable bonds is 7. The first-order chi connectivity index (χ1) is 11.5. The van der Waals surface area contributed by atoms with Crippen LogP contribution in [0.3, 0.4) is 0 Å². The van der Waals surface area contributed by atoms with Gasteiger partial charge in [-0.3, -0.25) is 19.9 Å². The van der Waals surface area contributed by atoms with Crippen molar-refractivity contribution in [3.05, 3.63) is 69.5 Å². The molecule has 1 heterocycles. The summed E-state index contributed by atoms with van der Waals surface area (Å²) in [6.45, 7) is 2.69. The van der Waals surface area contributed by atoms with Gasteiger partial charge in [-0.1, -0.05) is 12.1 Å². The third-order valence-electron chi connectivity index (χ3n) is 3.58. The standard InChI is InChI=1S/C17H19N3O4/c1-13-6-7-14(11-16(13)20(22)23)17(21)19(9-10-24-2)12-15-5-3-4-8-18-15/h3-8,11H,9-10,12H2,1-2H3. The highest BCUT2D eigenvalue weighted by atomic mass is 16.6. The lowest BCUT2D eigenvalue weighted by molar-refractivity contribution is -0.385. The average molecular weight is 329 g/mol. The zero-order chi connectivity index (χ0) is 17.5. The summed E-state index contributed by atoms with van der Waals surface area (Å²) in [5, 5.41) is 11.1. The summed E-state index contributed by atoms with van der Waals surface area (Å²) >= 11 is 0. The second-order valence-corrected chi connectivity index (χ2v) is 5.30. The molecule has 1 amide bonds. The molecule has 7 heteroatoms. The molecular formula is C17H19N3O4. The van der Waals surface area contributed by atoms with Crippen molar-refractivity contribution in [2.45, 2.75) is 13.5 Å². The van der Waals surface area contributed by atoms with Gasteiger partial charge in [-0.2, -0.15) is 0 Å². The third kappa shape index (κ3) is 4.36. The maximum absolute atomic E-state index is 12.8. The fraction of sp³-hybridized carbons (Fsp3) is 0.294. The first-order valence-corrected chi connectivity index (χ1v) is 7.46. The van der Waals surface area contributed by atoms with Crippen LogP contribution in [-0.2, 0) is 11.3 Å². The van der Waals surface area contributed by atoms with E-state index < -0.39 is 4.92 Å². The first-order valence-electron chi connectivity index (χ1n) is 7.46. The van der Waals surface area contributed by atoms with Crippen molar-refractivity contribution in [1.82, 2.24) is 9.88 Å². The molecule has 0 spiro atoms. The second-order valence-electron chi connectivity index (χ2n) is 5.30. The summed E-state index contributed by atoms with van der Waals surface area (Å²) in [4.78, 5) is 29.1. The van der Waals surface area contributed by atoms with Gasteiger partial charge in [0.05, 0.1) is 23.8 Å². The maximum atomic E-state index is 12.8. The molecule has 24 heavy (non-hydrogen) atoms. The van der Waals surface area contributed by atoms with Crippen LogP contribution in [0.1, 0.15) is 21.6 Å². The molecule has 2 rings (SSSR count). The lowest BCUT2D eigenvalue weighted by Gasteiger charge is -2.22. The van der Waals surface area contributed by atoms with Gasteiger partial charge >= 0.3 is 0 Å². The Kier molecular flexibility index (Phi) is 5.97. The Morgan fingerprint density at radius 2 is 2.12 bits per heavy atom. The minimum absolute atomic E-state index is 0.0645. The fourth-order valence-electron chi connectivity index (χ4n) is 2.26. The quantitative estimate of drug-likeness (QED) is 0.576. The molecule has 0 aliphatic rings. The predicted molar refractivity (Wildman–Crippen MR) is 88.7 cm³/mol. The average Bonchev–Trinajstić information content (AvgIpc) is 2.59. The zero-order valence-corrected chi connectivity index (χ0v) is 13.6. The van der Waals surface area contributed by atoms with Crippen LogP contribution in [0.15, 0.2) is 42.6 Å². The highest BCUT2D eigenvalue weighted by Crippen LogP contribution is 2.20. The van der Waals surface area contributed by atoms with Gasteiger partial charge in [0.15, 0.2) is 0 Å². The van der Waals surface area contributed by atoms with Gasteiger partial charge in [-0.25, -0.2) is 0 Å². The minimum atomic E-state index is -0.482. The largest absolute Gasteiger partial charge is 0.383 e. The van der Waals surface area contributed by atoms with Crippen molar-refractivity contribution in [3.63, 3.8) is 0 Å². The van der Waals surface area contributed by atoms with E-state index >= 15 is 0 Å². The van der Waals surface area contributed by atoms with Gasteiger partial charge in [0.2, 0.25) is 0 Å². The Morgan fingerprint density at radius 1 is 1.33 bits per heavy atom. The first kappa shape index (κ1) is 17.6. The normalized spacial score (nSPS) is 10.4. The molecule has 0 N–H and O–H groups in total. The fourth-order valence-corrected chi connectivity index (χ4v) is 2.26. The molecular weight excluding hydrogens is 310 g/mol. The van der Waals surface area contributed by atoms with Crippen LogP contribution in [0, 0.1) is 17.0 Å². The minimum Gasteiger partial charge on any atom is -0.383 e. The molecule has 0 bridgehead atoms. The Bertz CT molecular complexity index is 719. The SMILES string of the molecule is COCCN(Cc1ccccn1)C(=O)c1ccc(C)c([N+](=O)[O-])c1. The van der Waals surface area contributed by atoms with E-state index in [1.165, 1.54) is 6.07 Å². The lowest BCUT2D eigenvalue weighted by atomic mass is 10.1. The summed E-state index contributed by atoms with van der Waals surface area (Å²) in [5.74, 6) is -0.291. The molecule has 0 unspecified atom stereocenters. The Morgan fingerprint density at radius 3 is 2.75 bits per heavy atom. The summed E-state index contributed by atoms with van der Waals surface area (Å²) < 4.78 is 5.05. The highest BCUT2D eigenvalue weighted by Gasteiger charge is 2.20. The van der Waals surface area contributed by atoms with Crippen LogP contribution in [0.5, 0.6) is 0 Å². The Labute approximate surface area is 140 Å². The number of benzene rings is 1. The van der Waals surface area contributed by atoms with Crippen molar-refractivity contribution >= 4 is 11.6 Å². The summed E-state index contributed by atoms with van der Waals surface area (Å²) in [7, 11) is 1.56. The van der Waals surface area contributed by atoms with E-state index in [0.717, 1.165) is 5.69 Å². The summed E-state index contributed by atoms with van der Waals surface area (Å²) in [6.07, 6.45) is 1.66. The van der Waals surface area contributed by atoms with Crippen molar-refractivity contribution in [3.8, 4) is 0 Å². The second kappa shape index (κ2) is 8.16. The van der Waals surface area contributed by atoms with Crippen LogP contribution in [-0.4, -0.2) is 41.0 Å². The molecule has 0 radical (unpaired) electrons. The maximum Gasteiger partial charge on any atom is 0.273 e. The number of amides is 1. The topological polar surface area (TPSA) is 85.6 Å². The number of hydrogen-bond donors (Lipinski definition) is 0. The molecule has 1 aromatic heterocycles. The van der Waals surface area contributed by atoms with Gasteiger partial charge in [0.25, 0.3) is 11.6 Å². The number of aryl methyl sites for hydroxylation is 1. The predicted octanol–water partition coefficient (Wildman–Crippen LogP) is 2.59. The number of carbonyl (C=O) groups excluding carboxylic acids is 1. The Balaban J connectivity index is 2.27. The van der Waals surface area contributed by atoms with Crippen molar-refractivity contribution < 1.29 is 14.5 Å². The van der Waals surface area contributed by atoms with Crippen LogP contribution >= 0.6 is 0 Å². The number of nitrogens with zero attached hydrogens (tertiary/aromatic N) is 3. The number of methoxy groups -OCH3 is 1. The zero-order valence-electron chi connectivity index (χ0n) is 13.6. The summed E-state index contributed by atoms with van der Waals surface area (Å²) in [6, 6.07) is 9.97. The molecule has 0 atom stereocenters. The number of aromatic nitrogens is 1. The molecule has 1 aromatic carbocycles.